The largest absolute Gasteiger partial charge is 0.494 e. The second kappa shape index (κ2) is 30.0. The van der Waals surface area contributed by atoms with Gasteiger partial charge in [0.05, 0.1) is 42.1 Å². The van der Waals surface area contributed by atoms with E-state index in [2.05, 4.69) is 67.8 Å². The number of methoxy groups -OCH3 is 1. The maximum absolute atomic E-state index is 12.7. The van der Waals surface area contributed by atoms with Gasteiger partial charge in [-0.1, -0.05) is 82.0 Å². The lowest BCUT2D eigenvalue weighted by molar-refractivity contribution is -0.117. The predicted octanol–water partition coefficient (Wildman–Crippen LogP) is 10.4. The minimum atomic E-state index is -0.344. The lowest BCUT2D eigenvalue weighted by Crippen LogP contribution is -2.25. The Labute approximate surface area is 420 Å². The van der Waals surface area contributed by atoms with E-state index in [9.17, 15) is 14.4 Å². The third-order valence-electron chi connectivity index (χ3n) is 11.7. The molecule has 0 unspecified atom stereocenters. The van der Waals surface area contributed by atoms with E-state index in [-0.39, 0.29) is 17.8 Å². The Hall–Kier alpha value is -6.87. The molecule has 6 aromatic rings. The fraction of sp³-hybridized carbons (Fsp3) is 0.386. The molecule has 2 aromatic carbocycles. The molecule has 2 amide bonds. The number of unbranched alkanes of at least 4 members (excludes halogenated alkanes) is 5. The predicted molar refractivity (Wildman–Crippen MR) is 279 cm³/mol. The molecule has 4 aromatic heterocycles. The normalized spacial score (nSPS) is 11.2. The van der Waals surface area contributed by atoms with E-state index >= 15 is 0 Å². The number of hydrogen-bond donors (Lipinski definition) is 3. The van der Waals surface area contributed by atoms with Crippen LogP contribution >= 0.6 is 0 Å². The Morgan fingerprint density at radius 1 is 0.535 bits per heavy atom. The molecule has 0 saturated heterocycles. The van der Waals surface area contributed by atoms with Crippen LogP contribution in [0, 0.1) is 0 Å². The smallest absolute Gasteiger partial charge is 0.337 e. The molecule has 3 N–H and O–H groups in total. The number of esters is 1. The number of benzene rings is 2. The third-order valence-corrected chi connectivity index (χ3v) is 11.7. The topological polar surface area (TPSA) is 164 Å². The summed E-state index contributed by atoms with van der Waals surface area (Å²) in [5, 5.41) is 9.51. The molecule has 0 saturated carbocycles. The number of nitrogens with zero attached hydrogens (tertiary/aromatic N) is 6. The van der Waals surface area contributed by atoms with Gasteiger partial charge < -0.3 is 25.4 Å². The zero-order valence-corrected chi connectivity index (χ0v) is 41.8. The maximum atomic E-state index is 12.7. The van der Waals surface area contributed by atoms with E-state index < -0.39 is 0 Å². The number of nitrogens with one attached hydrogen (secondary N) is 3. The van der Waals surface area contributed by atoms with Crippen molar-refractivity contribution in [3.63, 3.8) is 0 Å². The molecule has 0 atom stereocenters. The van der Waals surface area contributed by atoms with Gasteiger partial charge in [0.2, 0.25) is 11.8 Å². The van der Waals surface area contributed by atoms with Gasteiger partial charge in [0.15, 0.2) is 0 Å². The number of aromatic nitrogens is 4. The standard InChI is InChI=1S/C57H71N9O5/c1-4-6-8-24-55(67)63-53-22-16-20-50(61-53)42-65(40-48-18-10-12-31-59-48)38-45-34-46(36-52(35-45)71-33-15-14-30-58-37-44-26-28-47(29-27-44)57(69)70-3)39-66(41-49-19-11-13-32-60-49)43-51-21-17-23-54(62-51)64-56(68)25-9-7-5-2/h10-13,16-23,26-29,31-32,34-36,58H,4-9,14-15,24-25,30,33,37-43H2,1-3H3,(H,61,63,67)(H,62,64,68). The summed E-state index contributed by atoms with van der Waals surface area (Å²) in [5.74, 6) is 1.48. The number of carbonyl (C=O) groups excluding carboxylic acids is 3. The first-order chi connectivity index (χ1) is 34.7. The summed E-state index contributed by atoms with van der Waals surface area (Å²) in [6, 6.07) is 37.4. The Morgan fingerprint density at radius 2 is 1.06 bits per heavy atom. The van der Waals surface area contributed by atoms with Crippen LogP contribution in [0.25, 0.3) is 0 Å². The van der Waals surface area contributed by atoms with Gasteiger partial charge in [0.1, 0.15) is 17.4 Å². The molecule has 4 heterocycles. The van der Waals surface area contributed by atoms with Gasteiger partial charge >= 0.3 is 5.97 Å². The zero-order valence-electron chi connectivity index (χ0n) is 41.8. The number of ether oxygens (including phenoxy) is 2. The molecule has 0 aliphatic heterocycles. The van der Waals surface area contributed by atoms with E-state index in [0.717, 1.165) is 103 Å². The van der Waals surface area contributed by atoms with Gasteiger partial charge in [-0.25, -0.2) is 14.8 Å². The molecule has 71 heavy (non-hydrogen) atoms. The van der Waals surface area contributed by atoms with Gasteiger partial charge in [-0.3, -0.25) is 29.4 Å². The first kappa shape index (κ1) is 53.5. The van der Waals surface area contributed by atoms with Crippen molar-refractivity contribution < 1.29 is 23.9 Å². The molecule has 0 aliphatic rings. The summed E-state index contributed by atoms with van der Waals surface area (Å²) in [5.41, 5.74) is 7.29. The minimum Gasteiger partial charge on any atom is -0.494 e. The highest BCUT2D eigenvalue weighted by Crippen LogP contribution is 2.24. The molecule has 6 rings (SSSR count). The number of pyridine rings is 4. The van der Waals surface area contributed by atoms with E-state index in [1.54, 1.807) is 12.1 Å². The summed E-state index contributed by atoms with van der Waals surface area (Å²) in [7, 11) is 1.38. The van der Waals surface area contributed by atoms with E-state index in [1.807, 2.05) is 97.3 Å². The molecule has 0 aliphatic carbocycles. The fourth-order valence-electron chi connectivity index (χ4n) is 8.15. The van der Waals surface area contributed by atoms with Gasteiger partial charge in [0, 0.05) is 71.0 Å². The first-order valence-electron chi connectivity index (χ1n) is 25.1. The van der Waals surface area contributed by atoms with Crippen molar-refractivity contribution in [2.75, 3.05) is 30.9 Å². The van der Waals surface area contributed by atoms with Crippen LogP contribution in [0.5, 0.6) is 5.75 Å². The Balaban J connectivity index is 1.21. The first-order valence-corrected chi connectivity index (χ1v) is 25.1. The van der Waals surface area contributed by atoms with Crippen molar-refractivity contribution in [2.45, 2.75) is 124 Å². The molecule has 0 fully saturated rings. The fourth-order valence-corrected chi connectivity index (χ4v) is 8.15. The van der Waals surface area contributed by atoms with Crippen LogP contribution in [-0.4, -0.2) is 67.8 Å². The van der Waals surface area contributed by atoms with E-state index in [4.69, 9.17) is 19.4 Å². The average molecular weight is 962 g/mol. The van der Waals surface area contributed by atoms with Crippen LogP contribution in [0.3, 0.4) is 0 Å². The molecule has 0 spiro atoms. The van der Waals surface area contributed by atoms with Crippen molar-refractivity contribution >= 4 is 29.4 Å². The molecule has 0 radical (unpaired) electrons. The van der Waals surface area contributed by atoms with E-state index in [0.29, 0.717) is 82.5 Å². The molecular formula is C57H71N9O5. The van der Waals surface area contributed by atoms with E-state index in [1.165, 1.54) is 7.11 Å². The van der Waals surface area contributed by atoms with Crippen LogP contribution in [0.1, 0.15) is 128 Å². The Morgan fingerprint density at radius 3 is 1.55 bits per heavy atom. The van der Waals surface area contributed by atoms with Crippen LogP contribution in [-0.2, 0) is 60.1 Å². The number of rotatable bonds is 31. The lowest BCUT2D eigenvalue weighted by atomic mass is 10.1. The zero-order chi connectivity index (χ0) is 49.9. The van der Waals surface area contributed by atoms with Gasteiger partial charge in [-0.2, -0.15) is 0 Å². The van der Waals surface area contributed by atoms with Crippen molar-refractivity contribution in [1.82, 2.24) is 35.1 Å². The summed E-state index contributed by atoms with van der Waals surface area (Å²) < 4.78 is 11.4. The van der Waals surface area contributed by atoms with Crippen molar-refractivity contribution in [3.05, 3.63) is 173 Å². The summed E-state index contributed by atoms with van der Waals surface area (Å²) in [6.45, 7) is 9.62. The van der Waals surface area contributed by atoms with Crippen LogP contribution < -0.4 is 20.7 Å². The highest BCUT2D eigenvalue weighted by molar-refractivity contribution is 5.90. The molecule has 374 valence electrons. The number of hydrogen-bond acceptors (Lipinski definition) is 12. The quantitative estimate of drug-likeness (QED) is 0.0280. The lowest BCUT2D eigenvalue weighted by Gasteiger charge is -2.25. The summed E-state index contributed by atoms with van der Waals surface area (Å²) >= 11 is 0. The van der Waals surface area contributed by atoms with Crippen molar-refractivity contribution in [3.8, 4) is 5.75 Å². The number of anilines is 2. The Kier molecular flexibility index (Phi) is 22.6. The van der Waals surface area contributed by atoms with Crippen LogP contribution in [0.15, 0.2) is 128 Å². The second-order valence-electron chi connectivity index (χ2n) is 17.9. The third kappa shape index (κ3) is 19.8. The van der Waals surface area contributed by atoms with Gasteiger partial charge in [0.25, 0.3) is 0 Å². The Bertz CT molecular complexity index is 2390. The number of carbonyl (C=O) groups is 3. The SMILES string of the molecule is CCCCCC(=O)Nc1cccc(CN(Cc2cc(CN(Cc3ccccn3)Cc3cccc(NC(=O)CCCCC)n3)cc(OCCCCNCc3ccc(C(=O)OC)cc3)c2)Cc2ccccn2)n1. The van der Waals surface area contributed by atoms with Gasteiger partial charge in [-0.05, 0) is 122 Å². The minimum absolute atomic E-state index is 0.0249. The highest BCUT2D eigenvalue weighted by Gasteiger charge is 2.17. The summed E-state index contributed by atoms with van der Waals surface area (Å²) in [4.78, 5) is 61.1. The molecule has 0 bridgehead atoms. The van der Waals surface area contributed by atoms with Crippen LogP contribution in [0.4, 0.5) is 11.6 Å². The molecule has 14 heteroatoms. The average Bonchev–Trinajstić information content (AvgIpc) is 3.37. The summed E-state index contributed by atoms with van der Waals surface area (Å²) in [6.07, 6.45) is 12.2. The second-order valence-corrected chi connectivity index (χ2v) is 17.9. The monoisotopic (exact) mass is 962 g/mol. The van der Waals surface area contributed by atoms with Crippen molar-refractivity contribution in [2.24, 2.45) is 0 Å². The van der Waals surface area contributed by atoms with Crippen LogP contribution in [0.2, 0.25) is 0 Å². The highest BCUT2D eigenvalue weighted by atomic mass is 16.5. The number of amides is 2. The molecular weight excluding hydrogens is 891 g/mol. The molecule has 14 nitrogen and oxygen atoms in total. The van der Waals surface area contributed by atoms with Gasteiger partial charge in [-0.15, -0.1) is 0 Å². The van der Waals surface area contributed by atoms with Crippen molar-refractivity contribution in [1.29, 1.82) is 0 Å². The maximum Gasteiger partial charge on any atom is 0.337 e.